The largest absolute Gasteiger partial charge is 1.00 e. The fourth-order valence-electron chi connectivity index (χ4n) is 6.79. The molecule has 282 valence electrons. The number of benzene rings is 2. The zero-order valence-corrected chi connectivity index (χ0v) is 31.8. The Hall–Kier alpha value is -4.12. The first-order valence-electron chi connectivity index (χ1n) is 16.7. The molecule has 0 radical (unpaired) electrons. The number of piperidine rings is 1. The van der Waals surface area contributed by atoms with E-state index < -0.39 is 23.5 Å². The molecule has 17 heteroatoms. The molecule has 2 aliphatic rings. The maximum absolute atomic E-state index is 14.7. The summed E-state index contributed by atoms with van der Waals surface area (Å²) in [6.45, 7) is 4.22. The molecule has 0 atom stereocenters. The highest BCUT2D eigenvalue weighted by Crippen LogP contribution is 2.31. The third-order valence-electron chi connectivity index (χ3n) is 9.82. The summed E-state index contributed by atoms with van der Waals surface area (Å²) in [5.74, 6) is -4.50. The Morgan fingerprint density at radius 2 is 1.69 bits per heavy atom. The lowest BCUT2D eigenvalue weighted by atomic mass is 9.92. The van der Waals surface area contributed by atoms with Gasteiger partial charge in [-0.1, -0.05) is 11.6 Å². The van der Waals surface area contributed by atoms with Crippen molar-refractivity contribution in [2.24, 2.45) is 13.0 Å². The van der Waals surface area contributed by atoms with Gasteiger partial charge in [0, 0.05) is 69.8 Å². The number of carbonyl (C=O) groups excluding carboxylic acids is 3. The molecule has 1 aromatic heterocycles. The Bertz CT molecular complexity index is 1810. The standard InChI is InChI=1S/C35H42ClF2N7O6.BrH/c1-41(2)15-18-45(21-29(46)47)16-9-22(10-17-45)34(49)43-11-13-44(14-12-43)35(50)24-6-5-23(19-26(24)36)40-33(48)32-39-20-27(42(32)3)25-7-8-28(51-4)31(38)30(25)37;/h5-8,19-20,22H,9-18,21H2,1-4H3,(H-,40,46,47,48,50);1H. The topological polar surface area (TPSA) is 137 Å². The van der Waals surface area contributed by atoms with E-state index in [2.05, 4.69) is 10.3 Å². The van der Waals surface area contributed by atoms with E-state index in [1.165, 1.54) is 55.3 Å². The van der Waals surface area contributed by atoms with E-state index in [0.717, 1.165) is 13.1 Å². The molecule has 3 amide bonds. The van der Waals surface area contributed by atoms with Gasteiger partial charge in [0.2, 0.25) is 11.7 Å². The highest BCUT2D eigenvalue weighted by molar-refractivity contribution is 6.34. The van der Waals surface area contributed by atoms with Gasteiger partial charge in [0.1, 0.15) is 0 Å². The second-order valence-corrected chi connectivity index (χ2v) is 13.8. The van der Waals surface area contributed by atoms with Crippen LogP contribution in [0, 0.1) is 17.6 Å². The fraction of sp³-hybridized carbons (Fsp3) is 0.457. The first kappa shape index (κ1) is 40.6. The molecule has 13 nitrogen and oxygen atoms in total. The van der Waals surface area contributed by atoms with E-state index in [1.54, 1.807) is 9.80 Å². The molecule has 0 saturated carbocycles. The van der Waals surface area contributed by atoms with Crippen molar-refractivity contribution < 1.29 is 59.3 Å². The number of likely N-dealkylation sites (tertiary alicyclic amines) is 1. The van der Waals surface area contributed by atoms with Crippen LogP contribution in [0.4, 0.5) is 14.5 Å². The van der Waals surface area contributed by atoms with Gasteiger partial charge in [-0.25, -0.2) is 14.2 Å². The van der Waals surface area contributed by atoms with Crippen molar-refractivity contribution in [1.82, 2.24) is 24.3 Å². The van der Waals surface area contributed by atoms with E-state index in [-0.39, 0.29) is 74.7 Å². The third kappa shape index (κ3) is 8.90. The number of hydrogen-bond acceptors (Lipinski definition) is 7. The van der Waals surface area contributed by atoms with Crippen LogP contribution >= 0.6 is 11.6 Å². The lowest BCUT2D eigenvalue weighted by Crippen LogP contribution is -3.00. The number of likely N-dealkylation sites (N-methyl/N-ethyl adjacent to an activating group) is 1. The summed E-state index contributed by atoms with van der Waals surface area (Å²) < 4.78 is 35.6. The van der Waals surface area contributed by atoms with Crippen LogP contribution in [0.2, 0.25) is 5.02 Å². The first-order chi connectivity index (χ1) is 24.2. The molecule has 2 N–H and O–H groups in total. The summed E-state index contributed by atoms with van der Waals surface area (Å²) in [5.41, 5.74) is 0.611. The maximum Gasteiger partial charge on any atom is 0.359 e. The van der Waals surface area contributed by atoms with E-state index in [4.69, 9.17) is 16.3 Å². The minimum Gasteiger partial charge on any atom is -1.00 e. The Kier molecular flexibility index (Phi) is 13.4. The molecule has 3 heterocycles. The summed E-state index contributed by atoms with van der Waals surface area (Å²) in [7, 11) is 6.65. The lowest BCUT2D eigenvalue weighted by molar-refractivity contribution is -0.926. The Balaban J connectivity index is 0.00000605. The van der Waals surface area contributed by atoms with Gasteiger partial charge in [0.05, 0.1) is 49.2 Å². The number of rotatable bonds is 11. The number of piperazine rings is 1. The Morgan fingerprint density at radius 3 is 2.29 bits per heavy atom. The molecule has 2 saturated heterocycles. The van der Waals surface area contributed by atoms with Gasteiger partial charge < -0.3 is 55.9 Å². The zero-order chi connectivity index (χ0) is 37.0. The smallest absolute Gasteiger partial charge is 0.359 e. The molecule has 0 spiro atoms. The fourth-order valence-corrected chi connectivity index (χ4v) is 7.05. The number of ether oxygens (including phenoxy) is 1. The van der Waals surface area contributed by atoms with Crippen molar-refractivity contribution in [3.8, 4) is 17.0 Å². The monoisotopic (exact) mass is 809 g/mol. The number of carboxylic acid groups (broad SMARTS) is 1. The summed E-state index contributed by atoms with van der Waals surface area (Å²) in [5, 5.41) is 12.3. The second-order valence-electron chi connectivity index (χ2n) is 13.4. The number of nitrogens with one attached hydrogen (secondary N) is 1. The molecule has 2 fully saturated rings. The van der Waals surface area contributed by atoms with Crippen LogP contribution in [0.15, 0.2) is 36.5 Å². The third-order valence-corrected chi connectivity index (χ3v) is 10.1. The SMILES string of the molecule is COc1ccc(-c2cnc(C(=O)Nc3ccc(C(=O)N4CCN(C(=O)C5CC[N+](CCN(C)C)(CC(=O)O)CC5)CC4)c(Cl)c3)n2C)c(F)c1F.[Br-]. The number of nitrogens with zero attached hydrogens (tertiary/aromatic N) is 6. The van der Waals surface area contributed by atoms with Crippen molar-refractivity contribution in [1.29, 1.82) is 0 Å². The van der Waals surface area contributed by atoms with Crippen LogP contribution in [0.3, 0.4) is 0 Å². The molecule has 5 rings (SSSR count). The molecule has 0 aliphatic carbocycles. The Labute approximate surface area is 316 Å². The van der Waals surface area contributed by atoms with Gasteiger partial charge >= 0.3 is 5.97 Å². The van der Waals surface area contributed by atoms with Crippen LogP contribution in [-0.2, 0) is 16.6 Å². The predicted molar refractivity (Wildman–Crippen MR) is 186 cm³/mol. The number of halogens is 4. The molecule has 3 aromatic rings. The molecular weight excluding hydrogens is 768 g/mol. The highest BCUT2D eigenvalue weighted by Gasteiger charge is 2.40. The van der Waals surface area contributed by atoms with E-state index >= 15 is 0 Å². The molecule has 52 heavy (non-hydrogen) atoms. The number of aliphatic carboxylic acids is 1. The van der Waals surface area contributed by atoms with Crippen molar-refractivity contribution >= 4 is 41.0 Å². The highest BCUT2D eigenvalue weighted by atomic mass is 79.9. The number of anilines is 1. The van der Waals surface area contributed by atoms with Crippen molar-refractivity contribution in [3.05, 3.63) is 64.6 Å². The molecule has 0 bridgehead atoms. The van der Waals surface area contributed by atoms with Crippen molar-refractivity contribution in [3.63, 3.8) is 0 Å². The minimum absolute atomic E-state index is 0. The molecule has 2 aliphatic heterocycles. The van der Waals surface area contributed by atoms with Gasteiger partial charge in [0.15, 0.2) is 23.9 Å². The van der Waals surface area contributed by atoms with Crippen molar-refractivity contribution in [2.75, 3.05) is 85.4 Å². The van der Waals surface area contributed by atoms with Gasteiger partial charge in [-0.2, -0.15) is 4.39 Å². The van der Waals surface area contributed by atoms with Crippen LogP contribution < -0.4 is 27.0 Å². The van der Waals surface area contributed by atoms with Crippen LogP contribution in [-0.4, -0.2) is 138 Å². The number of aromatic nitrogens is 2. The number of quaternary nitrogens is 1. The van der Waals surface area contributed by atoms with Gasteiger partial charge in [-0.05, 0) is 44.4 Å². The van der Waals surface area contributed by atoms with E-state index in [0.29, 0.717) is 62.3 Å². The summed E-state index contributed by atoms with van der Waals surface area (Å²) in [4.78, 5) is 61.1. The Morgan fingerprint density at radius 1 is 1.04 bits per heavy atom. The minimum atomic E-state index is -1.15. The predicted octanol–water partition coefficient (Wildman–Crippen LogP) is 0.441. The zero-order valence-electron chi connectivity index (χ0n) is 29.5. The number of imidazole rings is 1. The summed E-state index contributed by atoms with van der Waals surface area (Å²) in [6.07, 6.45) is 2.51. The van der Waals surface area contributed by atoms with Gasteiger partial charge in [-0.3, -0.25) is 14.4 Å². The number of amides is 3. The van der Waals surface area contributed by atoms with Gasteiger partial charge in [-0.15, -0.1) is 0 Å². The molecular formula is C35H43BrClF2N7O6. The van der Waals surface area contributed by atoms with Crippen LogP contribution in [0.1, 0.15) is 33.8 Å². The van der Waals surface area contributed by atoms with Crippen LogP contribution in [0.5, 0.6) is 5.75 Å². The first-order valence-corrected chi connectivity index (χ1v) is 17.1. The lowest BCUT2D eigenvalue weighted by Gasteiger charge is -2.44. The van der Waals surface area contributed by atoms with Gasteiger partial charge in [0.25, 0.3) is 11.8 Å². The van der Waals surface area contributed by atoms with E-state index in [1.807, 2.05) is 19.0 Å². The average Bonchev–Trinajstić information content (AvgIpc) is 3.49. The molecule has 0 unspecified atom stereocenters. The summed E-state index contributed by atoms with van der Waals surface area (Å²) in [6, 6.07) is 7.10. The maximum atomic E-state index is 14.7. The quantitative estimate of drug-likeness (QED) is 0.267. The number of carbonyl (C=O) groups is 4. The van der Waals surface area contributed by atoms with E-state index in [9.17, 15) is 33.1 Å². The normalized spacial score (nSPS) is 18.9. The van der Waals surface area contributed by atoms with Crippen LogP contribution in [0.25, 0.3) is 11.3 Å². The number of hydrogen-bond donors (Lipinski definition) is 2. The number of methoxy groups -OCH3 is 1. The van der Waals surface area contributed by atoms with Crippen molar-refractivity contribution in [2.45, 2.75) is 12.8 Å². The molecule has 2 aromatic carbocycles. The average molecular weight is 811 g/mol. The second kappa shape index (κ2) is 17.1. The number of carboxylic acids is 1. The summed E-state index contributed by atoms with van der Waals surface area (Å²) >= 11 is 6.51.